The van der Waals surface area contributed by atoms with Gasteiger partial charge in [-0.05, 0) is 38.8 Å². The van der Waals surface area contributed by atoms with E-state index in [1.54, 1.807) is 35.4 Å². The van der Waals surface area contributed by atoms with Gasteiger partial charge in [0.15, 0.2) is 0 Å². The minimum atomic E-state index is -0.248. The summed E-state index contributed by atoms with van der Waals surface area (Å²) in [6, 6.07) is 5.88. The van der Waals surface area contributed by atoms with E-state index < -0.39 is 0 Å². The van der Waals surface area contributed by atoms with Crippen LogP contribution in [-0.4, -0.2) is 54.9 Å². The van der Waals surface area contributed by atoms with Crippen molar-refractivity contribution in [2.45, 2.75) is 39.3 Å². The lowest BCUT2D eigenvalue weighted by Gasteiger charge is -2.08. The van der Waals surface area contributed by atoms with Gasteiger partial charge >= 0.3 is 6.01 Å². The SMILES string of the molecule is CCOc1nccc(-c2cc3cnc(NC(=O)c4cn(C[C@H]5CCCO5)nc4C)cc3[nH]2)n1. The number of carbonyl (C=O) groups is 1. The van der Waals surface area contributed by atoms with E-state index in [1.165, 1.54) is 0 Å². The molecule has 170 valence electrons. The molecule has 5 heterocycles. The summed E-state index contributed by atoms with van der Waals surface area (Å²) in [5.41, 5.74) is 3.54. The second kappa shape index (κ2) is 8.99. The summed E-state index contributed by atoms with van der Waals surface area (Å²) < 4.78 is 12.8. The molecule has 1 aliphatic rings. The fourth-order valence-corrected chi connectivity index (χ4v) is 3.94. The first-order valence-electron chi connectivity index (χ1n) is 11.0. The largest absolute Gasteiger partial charge is 0.464 e. The molecule has 0 saturated carbocycles. The van der Waals surface area contributed by atoms with Gasteiger partial charge in [-0.3, -0.25) is 9.48 Å². The van der Waals surface area contributed by atoms with Gasteiger partial charge in [-0.25, -0.2) is 9.97 Å². The molecule has 5 rings (SSSR count). The lowest BCUT2D eigenvalue weighted by atomic mass is 10.2. The Morgan fingerprint density at radius 2 is 2.27 bits per heavy atom. The number of ether oxygens (including phenoxy) is 2. The van der Waals surface area contributed by atoms with Crippen molar-refractivity contribution in [3.8, 4) is 17.4 Å². The lowest BCUT2D eigenvalue weighted by molar-refractivity contribution is 0.0937. The molecule has 0 spiro atoms. The smallest absolute Gasteiger partial charge is 0.316 e. The third-order valence-electron chi connectivity index (χ3n) is 5.53. The number of nitrogens with one attached hydrogen (secondary N) is 2. The van der Waals surface area contributed by atoms with Crippen molar-refractivity contribution >= 4 is 22.6 Å². The molecule has 1 fully saturated rings. The Morgan fingerprint density at radius 1 is 1.36 bits per heavy atom. The molecule has 1 atom stereocenters. The molecule has 0 radical (unpaired) electrons. The average molecular weight is 447 g/mol. The predicted molar refractivity (Wildman–Crippen MR) is 122 cm³/mol. The summed E-state index contributed by atoms with van der Waals surface area (Å²) in [5, 5.41) is 8.25. The average Bonchev–Trinajstić information content (AvgIpc) is 3.54. The van der Waals surface area contributed by atoms with Crippen molar-refractivity contribution in [3.05, 3.63) is 48.0 Å². The number of carbonyl (C=O) groups excluding carboxylic acids is 1. The topological polar surface area (TPSA) is 120 Å². The second-order valence-electron chi connectivity index (χ2n) is 7.94. The van der Waals surface area contributed by atoms with Crippen LogP contribution in [0.3, 0.4) is 0 Å². The van der Waals surface area contributed by atoms with Crippen LogP contribution in [0, 0.1) is 6.92 Å². The summed E-state index contributed by atoms with van der Waals surface area (Å²) in [7, 11) is 0. The minimum absolute atomic E-state index is 0.158. The molecule has 4 aromatic heterocycles. The van der Waals surface area contributed by atoms with E-state index in [2.05, 4.69) is 30.4 Å². The zero-order chi connectivity index (χ0) is 22.8. The summed E-state index contributed by atoms with van der Waals surface area (Å²) >= 11 is 0. The van der Waals surface area contributed by atoms with Gasteiger partial charge in [0.25, 0.3) is 5.91 Å². The molecule has 1 aliphatic heterocycles. The monoisotopic (exact) mass is 447 g/mol. The van der Waals surface area contributed by atoms with Crippen molar-refractivity contribution in [1.29, 1.82) is 0 Å². The number of anilines is 1. The van der Waals surface area contributed by atoms with Gasteiger partial charge < -0.3 is 19.8 Å². The third-order valence-corrected chi connectivity index (χ3v) is 5.53. The number of aromatic amines is 1. The van der Waals surface area contributed by atoms with Crippen molar-refractivity contribution in [3.63, 3.8) is 0 Å². The molecule has 0 unspecified atom stereocenters. The maximum Gasteiger partial charge on any atom is 0.316 e. The van der Waals surface area contributed by atoms with Crippen LogP contribution in [0.15, 0.2) is 36.8 Å². The molecule has 10 nitrogen and oxygen atoms in total. The fourth-order valence-electron chi connectivity index (χ4n) is 3.94. The molecule has 1 saturated heterocycles. The van der Waals surface area contributed by atoms with Crippen LogP contribution < -0.4 is 10.1 Å². The van der Waals surface area contributed by atoms with E-state index in [-0.39, 0.29) is 12.0 Å². The van der Waals surface area contributed by atoms with Crippen molar-refractivity contribution in [2.24, 2.45) is 0 Å². The van der Waals surface area contributed by atoms with Crippen LogP contribution in [0.1, 0.15) is 35.8 Å². The zero-order valence-electron chi connectivity index (χ0n) is 18.5. The van der Waals surface area contributed by atoms with Crippen LogP contribution in [-0.2, 0) is 11.3 Å². The minimum Gasteiger partial charge on any atom is -0.464 e. The van der Waals surface area contributed by atoms with Gasteiger partial charge in [0, 0.05) is 36.7 Å². The Labute approximate surface area is 190 Å². The highest BCUT2D eigenvalue weighted by Gasteiger charge is 2.19. The highest BCUT2D eigenvalue weighted by Crippen LogP contribution is 2.25. The second-order valence-corrected chi connectivity index (χ2v) is 7.94. The van der Waals surface area contributed by atoms with E-state index in [4.69, 9.17) is 9.47 Å². The van der Waals surface area contributed by atoms with Crippen LogP contribution in [0.25, 0.3) is 22.3 Å². The van der Waals surface area contributed by atoms with Gasteiger partial charge in [-0.15, -0.1) is 0 Å². The van der Waals surface area contributed by atoms with Gasteiger partial charge in [0.2, 0.25) is 0 Å². The van der Waals surface area contributed by atoms with Crippen molar-refractivity contribution in [1.82, 2.24) is 29.7 Å². The number of pyridine rings is 1. The molecule has 0 aliphatic carbocycles. The maximum absolute atomic E-state index is 12.9. The van der Waals surface area contributed by atoms with Crippen LogP contribution >= 0.6 is 0 Å². The number of H-pyrrole nitrogens is 1. The first kappa shape index (κ1) is 21.1. The van der Waals surface area contributed by atoms with Gasteiger partial charge in [0.05, 0.1) is 47.4 Å². The Kier molecular flexibility index (Phi) is 5.74. The summed E-state index contributed by atoms with van der Waals surface area (Å²) in [6.45, 7) is 5.65. The van der Waals surface area contributed by atoms with Crippen molar-refractivity contribution in [2.75, 3.05) is 18.5 Å². The number of amides is 1. The number of hydrogen-bond acceptors (Lipinski definition) is 7. The van der Waals surface area contributed by atoms with Gasteiger partial charge in [0.1, 0.15) is 5.82 Å². The van der Waals surface area contributed by atoms with Crippen LogP contribution in [0.5, 0.6) is 6.01 Å². The van der Waals surface area contributed by atoms with E-state index >= 15 is 0 Å². The number of fused-ring (bicyclic) bond motifs is 1. The van der Waals surface area contributed by atoms with E-state index in [1.807, 2.05) is 19.9 Å². The summed E-state index contributed by atoms with van der Waals surface area (Å²) in [4.78, 5) is 29.1. The molecule has 33 heavy (non-hydrogen) atoms. The van der Waals surface area contributed by atoms with Crippen LogP contribution in [0.2, 0.25) is 0 Å². The molecular weight excluding hydrogens is 422 g/mol. The molecular formula is C23H25N7O3. The van der Waals surface area contributed by atoms with Gasteiger partial charge in [-0.2, -0.15) is 10.1 Å². The van der Waals surface area contributed by atoms with E-state index in [9.17, 15) is 4.79 Å². The highest BCUT2D eigenvalue weighted by molar-refractivity contribution is 6.05. The highest BCUT2D eigenvalue weighted by atomic mass is 16.5. The first-order chi connectivity index (χ1) is 16.1. The Morgan fingerprint density at radius 3 is 3.09 bits per heavy atom. The maximum atomic E-state index is 12.9. The number of aryl methyl sites for hydroxylation is 1. The van der Waals surface area contributed by atoms with E-state index in [0.717, 1.165) is 36.0 Å². The number of rotatable bonds is 7. The molecule has 2 N–H and O–H groups in total. The molecule has 0 aromatic carbocycles. The number of nitrogens with zero attached hydrogens (tertiary/aromatic N) is 5. The lowest BCUT2D eigenvalue weighted by Crippen LogP contribution is -2.15. The predicted octanol–water partition coefficient (Wildman–Crippen LogP) is 3.35. The number of hydrogen-bond donors (Lipinski definition) is 2. The van der Waals surface area contributed by atoms with Crippen molar-refractivity contribution < 1.29 is 14.3 Å². The number of aromatic nitrogens is 6. The Balaban J connectivity index is 1.33. The molecule has 4 aromatic rings. The first-order valence-corrected chi connectivity index (χ1v) is 11.0. The summed E-state index contributed by atoms with van der Waals surface area (Å²) in [5.74, 6) is 0.201. The Hall–Kier alpha value is -3.79. The Bertz CT molecular complexity index is 1290. The van der Waals surface area contributed by atoms with Crippen LogP contribution in [0.4, 0.5) is 5.82 Å². The quantitative estimate of drug-likeness (QED) is 0.446. The standard InChI is InChI=1S/C23H25N7O3/c1-3-32-23-24-7-6-18(27-23)20-9-15-11-25-21(10-19(15)26-20)28-22(31)17-13-30(29-14(17)2)12-16-5-4-8-33-16/h6-7,9-11,13,16,26H,3-5,8,12H2,1-2H3,(H,25,28,31)/t16-/m1/s1. The summed E-state index contributed by atoms with van der Waals surface area (Å²) in [6.07, 6.45) is 7.38. The third kappa shape index (κ3) is 4.56. The molecule has 0 bridgehead atoms. The van der Waals surface area contributed by atoms with Gasteiger partial charge in [-0.1, -0.05) is 0 Å². The molecule has 10 heteroatoms. The fraction of sp³-hybridized carbons (Fsp3) is 0.348. The normalized spacial score (nSPS) is 15.8. The molecule has 1 amide bonds. The van der Waals surface area contributed by atoms with E-state index in [0.29, 0.717) is 41.9 Å². The zero-order valence-corrected chi connectivity index (χ0v) is 18.5.